The number of amidine groups is 1. The van der Waals surface area contributed by atoms with Gasteiger partial charge in [0.1, 0.15) is 22.2 Å². The van der Waals surface area contributed by atoms with Gasteiger partial charge in [-0.15, -0.1) is 0 Å². The van der Waals surface area contributed by atoms with Gasteiger partial charge in [-0.05, 0) is 104 Å². The summed E-state index contributed by atoms with van der Waals surface area (Å²) in [4.78, 5) is 42.5. The Kier molecular flexibility index (Phi) is 26.1. The summed E-state index contributed by atoms with van der Waals surface area (Å²) >= 11 is 11.0. The van der Waals surface area contributed by atoms with Crippen LogP contribution in [0, 0.1) is 0 Å². The number of methoxy groups -OCH3 is 2. The number of ether oxygens (including phenoxy) is 2. The molecule has 1 aromatic heterocycles. The van der Waals surface area contributed by atoms with E-state index in [-0.39, 0.29) is 40.5 Å². The molecular weight excluding hydrogens is 1040 g/mol. The van der Waals surface area contributed by atoms with Crippen LogP contribution in [0.25, 0.3) is 0 Å². The molecular formula is C50H68BrN10O6PS3. The standard InChI is InChI=1S/C24H29N5O3S.C17H27N5OS2.C9H9BrO2.H3P/c1-32-20-5-2-4-17(16-20)21(31)22-23(25)27-24(33-22)26-18-6-8-19(9-7-18)29-13-11-28(12-14-29)10-3-15-30;1-2-25-16(18)20-17(24)19-14-4-6-15(7-5-14)22-11-9-21(10-12-22)8-3-13-23;1-12-8-4-2-3-7(5-8)9(11)6-10;/h2,4-9,16,30H,3,10-15,25H2,1H3,(H,26,27);4-7,23H,2-3,8-13H2,1H3,(H3,18,19,20,24);2-5H,6H2,1H3;1H3. The molecule has 0 amide bonds. The first-order valence-corrected chi connectivity index (χ1v) is 26.4. The molecule has 2 fully saturated rings. The van der Waals surface area contributed by atoms with Crippen LogP contribution < -0.4 is 41.4 Å². The third kappa shape index (κ3) is 19.2. The van der Waals surface area contributed by atoms with Gasteiger partial charge in [-0.25, -0.2) is 4.98 Å². The number of piperazine rings is 2. The second kappa shape index (κ2) is 31.5. The molecule has 0 bridgehead atoms. The van der Waals surface area contributed by atoms with E-state index in [0.717, 1.165) is 95.4 Å². The molecule has 5 aromatic rings. The second-order valence-electron chi connectivity index (χ2n) is 15.9. The lowest BCUT2D eigenvalue weighted by Crippen LogP contribution is -2.46. The maximum Gasteiger partial charge on any atom is 0.206 e. The predicted octanol–water partition coefficient (Wildman–Crippen LogP) is 7.50. The van der Waals surface area contributed by atoms with Gasteiger partial charge in [-0.3, -0.25) is 19.4 Å². The van der Waals surface area contributed by atoms with Crippen molar-refractivity contribution in [3.05, 3.63) is 113 Å². The zero-order valence-electron chi connectivity index (χ0n) is 40.7. The van der Waals surface area contributed by atoms with E-state index < -0.39 is 0 Å². The molecule has 3 heterocycles. The van der Waals surface area contributed by atoms with Crippen molar-refractivity contribution >= 4 is 117 Å². The Morgan fingerprint density at radius 2 is 1.28 bits per heavy atom. The largest absolute Gasteiger partial charge is 0.497 e. The lowest BCUT2D eigenvalue weighted by Gasteiger charge is -2.36. The van der Waals surface area contributed by atoms with Gasteiger partial charge in [0.2, 0.25) is 5.78 Å². The van der Waals surface area contributed by atoms with Crippen LogP contribution in [0.1, 0.15) is 45.4 Å². The molecule has 0 spiro atoms. The number of aromatic nitrogens is 1. The maximum absolute atomic E-state index is 12.9. The van der Waals surface area contributed by atoms with Crippen molar-refractivity contribution in [3.8, 4) is 11.5 Å². The van der Waals surface area contributed by atoms with Crippen molar-refractivity contribution in [1.29, 1.82) is 0 Å². The Labute approximate surface area is 443 Å². The summed E-state index contributed by atoms with van der Waals surface area (Å²) in [5.74, 6) is 2.31. The molecule has 2 saturated heterocycles. The van der Waals surface area contributed by atoms with E-state index >= 15 is 0 Å². The van der Waals surface area contributed by atoms with Crippen molar-refractivity contribution in [3.63, 3.8) is 0 Å². The first-order chi connectivity index (χ1) is 34.0. The van der Waals surface area contributed by atoms with E-state index in [1.165, 1.54) is 34.5 Å². The summed E-state index contributed by atoms with van der Waals surface area (Å²) in [6, 6.07) is 30.5. The zero-order chi connectivity index (χ0) is 50.3. The molecule has 1 unspecified atom stereocenters. The van der Waals surface area contributed by atoms with Gasteiger partial charge in [-0.2, -0.15) is 14.9 Å². The highest BCUT2D eigenvalue weighted by molar-refractivity contribution is 9.09. The Bertz CT molecular complexity index is 2440. The van der Waals surface area contributed by atoms with Gasteiger partial charge in [0.05, 0.1) is 19.5 Å². The monoisotopic (exact) mass is 1110 g/mol. The van der Waals surface area contributed by atoms with Crippen molar-refractivity contribution in [1.82, 2.24) is 14.8 Å². The number of rotatable bonds is 18. The summed E-state index contributed by atoms with van der Waals surface area (Å²) in [6.07, 6.45) is 1.68. The number of benzene rings is 4. The number of nitrogens with two attached hydrogens (primary N) is 2. The molecule has 2 aliphatic rings. The maximum atomic E-state index is 12.9. The molecule has 384 valence electrons. The molecule has 21 heteroatoms. The number of hydrogen-bond donors (Lipinski definition) is 6. The van der Waals surface area contributed by atoms with Crippen molar-refractivity contribution in [2.75, 3.05) is 130 Å². The molecule has 8 N–H and O–H groups in total. The smallest absolute Gasteiger partial charge is 0.206 e. The minimum Gasteiger partial charge on any atom is -0.497 e. The highest BCUT2D eigenvalue weighted by Crippen LogP contribution is 2.31. The van der Waals surface area contributed by atoms with Crippen LogP contribution in [0.3, 0.4) is 0 Å². The summed E-state index contributed by atoms with van der Waals surface area (Å²) in [6.45, 7) is 12.5. The van der Waals surface area contributed by atoms with E-state index in [1.54, 1.807) is 56.7 Å². The highest BCUT2D eigenvalue weighted by Gasteiger charge is 2.21. The van der Waals surface area contributed by atoms with Crippen LogP contribution in [0.5, 0.6) is 11.5 Å². The zero-order valence-corrected chi connectivity index (χ0v) is 46.2. The van der Waals surface area contributed by atoms with Crippen LogP contribution in [-0.2, 0) is 0 Å². The average molecular weight is 1110 g/mol. The number of thiocarbonyl (C=S) groups is 1. The van der Waals surface area contributed by atoms with Crippen molar-refractivity contribution in [2.24, 2.45) is 10.7 Å². The van der Waals surface area contributed by atoms with Crippen molar-refractivity contribution < 1.29 is 29.3 Å². The minimum atomic E-state index is -0.176. The Morgan fingerprint density at radius 1 is 0.789 bits per heavy atom. The lowest BCUT2D eigenvalue weighted by atomic mass is 10.1. The third-order valence-corrected chi connectivity index (χ3v) is 13.5. The Morgan fingerprint density at radius 3 is 1.76 bits per heavy atom. The predicted molar refractivity (Wildman–Crippen MR) is 308 cm³/mol. The number of nitrogens with one attached hydrogen (secondary N) is 2. The second-order valence-corrected chi connectivity index (χ2v) is 19.2. The number of halogens is 1. The number of nitrogen functional groups attached to an aromatic ring is 1. The van der Waals surface area contributed by atoms with E-state index in [9.17, 15) is 9.59 Å². The fourth-order valence-corrected chi connectivity index (χ4v) is 9.35. The van der Waals surface area contributed by atoms with Crippen molar-refractivity contribution in [2.45, 2.75) is 19.8 Å². The number of alkyl halides is 1. The fraction of sp³-hybridized carbons (Fsp3) is 0.380. The van der Waals surface area contributed by atoms with Gasteiger partial charge in [0.15, 0.2) is 21.2 Å². The molecule has 2 aliphatic heterocycles. The Hall–Kier alpha value is -4.89. The van der Waals surface area contributed by atoms with Gasteiger partial charge in [0.25, 0.3) is 0 Å². The average Bonchev–Trinajstić information content (AvgIpc) is 3.76. The molecule has 0 aliphatic carbocycles. The van der Waals surface area contributed by atoms with Gasteiger partial charge < -0.3 is 51.6 Å². The van der Waals surface area contributed by atoms with Crippen LogP contribution >= 0.6 is 61.1 Å². The third-order valence-electron chi connectivity index (χ3n) is 11.2. The van der Waals surface area contributed by atoms with Gasteiger partial charge in [-0.1, -0.05) is 70.2 Å². The number of ketones is 2. The van der Waals surface area contributed by atoms with Crippen LogP contribution in [0.2, 0.25) is 0 Å². The molecule has 0 radical (unpaired) electrons. The first kappa shape index (κ1) is 58.7. The number of thioether (sulfide) groups is 1. The molecule has 1 atom stereocenters. The van der Waals surface area contributed by atoms with E-state index in [0.29, 0.717) is 48.2 Å². The normalized spacial score (nSPS) is 13.9. The number of aliphatic hydroxyl groups excluding tert-OH is 2. The number of hydrogen-bond acceptors (Lipinski definition) is 16. The fourth-order valence-electron chi connectivity index (χ4n) is 7.43. The van der Waals surface area contributed by atoms with Gasteiger partial charge in [0, 0.05) is 113 Å². The van der Waals surface area contributed by atoms with Gasteiger partial charge >= 0.3 is 0 Å². The van der Waals surface area contributed by atoms with Crippen LogP contribution in [0.15, 0.2) is 102 Å². The number of aliphatic imine (C=N–C) groups is 1. The first-order valence-electron chi connectivity index (χ1n) is 23.1. The summed E-state index contributed by atoms with van der Waals surface area (Å²) in [7, 11) is 3.15. The Balaban J connectivity index is 0.000000254. The number of anilines is 6. The SMILES string of the molecule is CCSC(N)=NC(=S)Nc1ccc(N2CCN(CCCO)CC2)cc1.COc1cccc(C(=O)CBr)c1.COc1cccc(C(=O)c2sc(Nc3ccc(N4CCN(CCCO)CC4)cc3)nc2N)c1.P. The molecule has 0 saturated carbocycles. The van der Waals surface area contributed by atoms with E-state index in [2.05, 4.69) is 80.4 Å². The molecule has 71 heavy (non-hydrogen) atoms. The summed E-state index contributed by atoms with van der Waals surface area (Å²) < 4.78 is 10.2. The van der Waals surface area contributed by atoms with Crippen LogP contribution in [0.4, 0.5) is 33.7 Å². The topological polar surface area (TPSA) is 207 Å². The lowest BCUT2D eigenvalue weighted by molar-refractivity contribution is 0.102. The molecule has 16 nitrogen and oxygen atoms in total. The minimum absolute atomic E-state index is 0. The number of aliphatic hydroxyl groups is 2. The summed E-state index contributed by atoms with van der Waals surface area (Å²) in [5.41, 5.74) is 17.2. The number of nitrogens with zero attached hydrogens (tertiary/aromatic N) is 6. The quantitative estimate of drug-likeness (QED) is 0.0125. The highest BCUT2D eigenvalue weighted by atomic mass is 79.9. The number of carbonyl (C=O) groups excluding carboxylic acids is 2. The van der Waals surface area contributed by atoms with E-state index in [4.69, 9.17) is 43.4 Å². The number of thiazole rings is 1. The summed E-state index contributed by atoms with van der Waals surface area (Å²) in [5, 5.41) is 26.0. The van der Waals surface area contributed by atoms with Crippen LogP contribution in [-0.4, -0.2) is 151 Å². The number of carbonyl (C=O) groups is 2. The van der Waals surface area contributed by atoms with E-state index in [1.807, 2.05) is 37.3 Å². The molecule has 4 aromatic carbocycles. The molecule has 7 rings (SSSR count). The number of Topliss-reactive ketones (excluding diaryl/α,β-unsaturated/α-hetero) is 1.